The monoisotopic (exact) mass is 243 g/mol. The molecule has 0 spiro atoms. The van der Waals surface area contributed by atoms with Crippen molar-refractivity contribution in [2.75, 3.05) is 25.1 Å². The highest BCUT2D eigenvalue weighted by Gasteiger charge is 2.02. The molecule has 0 atom stereocenters. The summed E-state index contributed by atoms with van der Waals surface area (Å²) in [5.74, 6) is 0.533. The molecule has 18 heavy (non-hydrogen) atoms. The van der Waals surface area contributed by atoms with E-state index in [2.05, 4.69) is 19.2 Å². The molecule has 0 fully saturated rings. The quantitative estimate of drug-likeness (QED) is 0.779. The maximum absolute atomic E-state index is 8.89. The molecule has 0 aromatic heterocycles. The van der Waals surface area contributed by atoms with Gasteiger partial charge >= 0.3 is 0 Å². The fraction of sp³-hybridized carbons (Fsp3) is 0.429. The molecule has 4 heteroatoms. The van der Waals surface area contributed by atoms with Gasteiger partial charge in [0.2, 0.25) is 0 Å². The number of nitriles is 2. The van der Waals surface area contributed by atoms with Crippen LogP contribution in [0.2, 0.25) is 0 Å². The standard InChI is InChI=1S/C14H17N3O/c1-11(2)10-18-6-5-17-14-4-3-12(8-15)13(7-14)9-16/h3-4,7,11,17H,5-6,10H2,1-2H3. The Morgan fingerprint density at radius 3 is 2.56 bits per heavy atom. The molecular formula is C14H17N3O. The van der Waals surface area contributed by atoms with Crippen molar-refractivity contribution in [2.45, 2.75) is 13.8 Å². The van der Waals surface area contributed by atoms with Gasteiger partial charge in [-0.15, -0.1) is 0 Å². The molecule has 0 aliphatic carbocycles. The first kappa shape index (κ1) is 14.0. The van der Waals surface area contributed by atoms with Crippen molar-refractivity contribution in [3.05, 3.63) is 29.3 Å². The van der Waals surface area contributed by atoms with Gasteiger partial charge in [-0.2, -0.15) is 10.5 Å². The highest BCUT2D eigenvalue weighted by Crippen LogP contribution is 2.14. The van der Waals surface area contributed by atoms with Crippen LogP contribution in [0.15, 0.2) is 18.2 Å². The lowest BCUT2D eigenvalue weighted by Gasteiger charge is -2.09. The summed E-state index contributed by atoms with van der Waals surface area (Å²) in [5, 5.41) is 20.8. The SMILES string of the molecule is CC(C)COCCNc1ccc(C#N)c(C#N)c1. The summed E-state index contributed by atoms with van der Waals surface area (Å²) < 4.78 is 5.44. The fourth-order valence-electron chi connectivity index (χ4n) is 1.43. The van der Waals surface area contributed by atoms with Crippen molar-refractivity contribution in [3.8, 4) is 12.1 Å². The molecule has 4 nitrogen and oxygen atoms in total. The zero-order valence-electron chi connectivity index (χ0n) is 10.7. The van der Waals surface area contributed by atoms with Gasteiger partial charge in [0.05, 0.1) is 17.7 Å². The molecule has 94 valence electrons. The van der Waals surface area contributed by atoms with E-state index < -0.39 is 0 Å². The van der Waals surface area contributed by atoms with Crippen molar-refractivity contribution in [1.29, 1.82) is 10.5 Å². The molecule has 0 saturated carbocycles. The predicted molar refractivity (Wildman–Crippen MR) is 70.0 cm³/mol. The van der Waals surface area contributed by atoms with E-state index in [-0.39, 0.29) is 0 Å². The van der Waals surface area contributed by atoms with Crippen molar-refractivity contribution < 1.29 is 4.74 Å². The Hall–Kier alpha value is -2.04. The molecule has 1 rings (SSSR count). The average Bonchev–Trinajstić information content (AvgIpc) is 2.37. The Bertz CT molecular complexity index is 469. The Labute approximate surface area is 108 Å². The Morgan fingerprint density at radius 2 is 1.94 bits per heavy atom. The van der Waals surface area contributed by atoms with E-state index in [0.29, 0.717) is 30.2 Å². The number of nitrogens with zero attached hydrogens (tertiary/aromatic N) is 2. The smallest absolute Gasteiger partial charge is 0.101 e. The minimum absolute atomic E-state index is 0.394. The van der Waals surface area contributed by atoms with Crippen LogP contribution >= 0.6 is 0 Å². The van der Waals surface area contributed by atoms with E-state index in [1.165, 1.54) is 0 Å². The summed E-state index contributed by atoms with van der Waals surface area (Å²) in [6.07, 6.45) is 0. The molecule has 0 bridgehead atoms. The largest absolute Gasteiger partial charge is 0.383 e. The number of anilines is 1. The first-order valence-corrected chi connectivity index (χ1v) is 5.93. The number of benzene rings is 1. The predicted octanol–water partition coefficient (Wildman–Crippen LogP) is 2.51. The second-order valence-electron chi connectivity index (χ2n) is 4.38. The summed E-state index contributed by atoms with van der Waals surface area (Å²) in [6, 6.07) is 9.12. The van der Waals surface area contributed by atoms with Crippen molar-refractivity contribution >= 4 is 5.69 Å². The highest BCUT2D eigenvalue weighted by molar-refractivity contribution is 5.56. The van der Waals surface area contributed by atoms with E-state index >= 15 is 0 Å². The summed E-state index contributed by atoms with van der Waals surface area (Å²) in [4.78, 5) is 0. The summed E-state index contributed by atoms with van der Waals surface area (Å²) in [6.45, 7) is 6.27. The van der Waals surface area contributed by atoms with Gasteiger partial charge < -0.3 is 10.1 Å². The number of hydrogen-bond acceptors (Lipinski definition) is 4. The molecule has 0 aliphatic rings. The minimum atomic E-state index is 0.394. The summed E-state index contributed by atoms with van der Waals surface area (Å²) >= 11 is 0. The molecule has 0 unspecified atom stereocenters. The van der Waals surface area contributed by atoms with Gasteiger partial charge in [-0.3, -0.25) is 0 Å². The third-order valence-electron chi connectivity index (χ3n) is 2.29. The molecular weight excluding hydrogens is 226 g/mol. The highest BCUT2D eigenvalue weighted by atomic mass is 16.5. The molecule has 0 heterocycles. The van der Waals surface area contributed by atoms with Gasteiger partial charge in [-0.25, -0.2) is 0 Å². The van der Waals surface area contributed by atoms with Crippen LogP contribution in [0.1, 0.15) is 25.0 Å². The van der Waals surface area contributed by atoms with Crippen LogP contribution in [0.5, 0.6) is 0 Å². The molecule has 0 saturated heterocycles. The van der Waals surface area contributed by atoms with Crippen LogP contribution in [-0.4, -0.2) is 19.8 Å². The molecule has 0 aliphatic heterocycles. The summed E-state index contributed by atoms with van der Waals surface area (Å²) in [7, 11) is 0. The molecule has 0 amide bonds. The molecule has 1 aromatic carbocycles. The minimum Gasteiger partial charge on any atom is -0.383 e. The van der Waals surface area contributed by atoms with E-state index in [1.54, 1.807) is 18.2 Å². The van der Waals surface area contributed by atoms with E-state index in [1.807, 2.05) is 12.1 Å². The second kappa shape index (κ2) is 7.32. The number of nitrogens with one attached hydrogen (secondary N) is 1. The van der Waals surface area contributed by atoms with Gasteiger partial charge in [0.1, 0.15) is 12.1 Å². The van der Waals surface area contributed by atoms with Crippen LogP contribution in [0, 0.1) is 28.6 Å². The number of hydrogen-bond donors (Lipinski definition) is 1. The zero-order chi connectivity index (χ0) is 13.4. The first-order chi connectivity index (χ1) is 8.67. The Morgan fingerprint density at radius 1 is 1.22 bits per heavy atom. The van der Waals surface area contributed by atoms with Crippen LogP contribution in [0.25, 0.3) is 0 Å². The van der Waals surface area contributed by atoms with Crippen LogP contribution < -0.4 is 5.32 Å². The van der Waals surface area contributed by atoms with Gasteiger partial charge in [-0.1, -0.05) is 13.8 Å². The third kappa shape index (κ3) is 4.45. The third-order valence-corrected chi connectivity index (χ3v) is 2.29. The Kier molecular flexibility index (Phi) is 5.70. The molecule has 1 aromatic rings. The average molecular weight is 243 g/mol. The van der Waals surface area contributed by atoms with Gasteiger partial charge in [0.15, 0.2) is 0 Å². The number of ether oxygens (including phenoxy) is 1. The second-order valence-corrected chi connectivity index (χ2v) is 4.38. The van der Waals surface area contributed by atoms with E-state index in [0.717, 1.165) is 12.3 Å². The van der Waals surface area contributed by atoms with Gasteiger partial charge in [0.25, 0.3) is 0 Å². The van der Waals surface area contributed by atoms with Crippen LogP contribution in [-0.2, 0) is 4.74 Å². The van der Waals surface area contributed by atoms with Crippen molar-refractivity contribution in [2.24, 2.45) is 5.92 Å². The topological polar surface area (TPSA) is 68.8 Å². The zero-order valence-corrected chi connectivity index (χ0v) is 10.7. The van der Waals surface area contributed by atoms with Crippen LogP contribution in [0.4, 0.5) is 5.69 Å². The lowest BCUT2D eigenvalue weighted by Crippen LogP contribution is -2.12. The van der Waals surface area contributed by atoms with Crippen molar-refractivity contribution in [1.82, 2.24) is 0 Å². The maximum atomic E-state index is 8.89. The normalized spacial score (nSPS) is 9.83. The molecule has 1 N–H and O–H groups in total. The fourth-order valence-corrected chi connectivity index (χ4v) is 1.43. The summed E-state index contributed by atoms with van der Waals surface area (Å²) in [5.41, 5.74) is 1.63. The maximum Gasteiger partial charge on any atom is 0.101 e. The first-order valence-electron chi connectivity index (χ1n) is 5.93. The molecule has 0 radical (unpaired) electrons. The van der Waals surface area contributed by atoms with E-state index in [4.69, 9.17) is 15.3 Å². The van der Waals surface area contributed by atoms with Gasteiger partial charge in [0, 0.05) is 18.8 Å². The van der Waals surface area contributed by atoms with E-state index in [9.17, 15) is 0 Å². The van der Waals surface area contributed by atoms with Crippen molar-refractivity contribution in [3.63, 3.8) is 0 Å². The Balaban J connectivity index is 2.45. The lowest BCUT2D eigenvalue weighted by molar-refractivity contribution is 0.118. The number of rotatable bonds is 6. The van der Waals surface area contributed by atoms with Gasteiger partial charge in [-0.05, 0) is 24.1 Å². The lowest BCUT2D eigenvalue weighted by atomic mass is 10.1. The van der Waals surface area contributed by atoms with Crippen LogP contribution in [0.3, 0.4) is 0 Å².